The Morgan fingerprint density at radius 1 is 0.968 bits per heavy atom. The van der Waals surface area contributed by atoms with Crippen LogP contribution < -0.4 is 10.6 Å². The molecule has 0 heterocycles. The molecule has 0 aliphatic heterocycles. The first-order chi connectivity index (χ1) is 33.2. The van der Waals surface area contributed by atoms with Gasteiger partial charge in [0.15, 0.2) is 5.78 Å². The quantitative estimate of drug-likeness (QED) is 0.122. The SMILES string of the molecule is [2H]C([2H])([2H])C(OC(=O)N[C@@H](c1ccccc1)[C@@H](OC(=O)CNC)C(=O)O[C@H]1C[C@@]2(O)[C@@H](OC(=O)c3ccccc3)[C@@H]3[C@]4(OC(C)=O)CC[C@@H]4C[C@H](O)[C@@]3(C)C(=O)[C@H](O)C(=C1C)C2(C)C)(C([2H])([2H])[2H])C([2H])([2H])[2H]. The molecule has 0 radical (unpaired) electrons. The molecule has 0 aromatic heterocycles. The van der Waals surface area contributed by atoms with E-state index >= 15 is 4.79 Å². The number of hydrogen-bond donors (Lipinski definition) is 5. The lowest BCUT2D eigenvalue weighted by molar-refractivity contribution is -0.296. The number of hydrogen-bond acceptors (Lipinski definition) is 15. The van der Waals surface area contributed by atoms with Crippen molar-refractivity contribution in [1.82, 2.24) is 10.6 Å². The molecular weight excluding hydrogens is 817 g/mol. The van der Waals surface area contributed by atoms with E-state index in [1.54, 1.807) is 18.2 Å². The van der Waals surface area contributed by atoms with E-state index in [0.717, 1.165) is 6.92 Å². The molecular formula is C47H60N2O14. The number of carbonyl (C=O) groups excluding carboxylic acids is 6. The fraction of sp³-hybridized carbons (Fsp3) is 0.574. The average Bonchev–Trinajstić information content (AvgIpc) is 3.27. The van der Waals surface area contributed by atoms with Gasteiger partial charge >= 0.3 is 30.0 Å². The van der Waals surface area contributed by atoms with E-state index in [0.29, 0.717) is 6.42 Å². The van der Waals surface area contributed by atoms with Crippen LogP contribution in [0.2, 0.25) is 0 Å². The van der Waals surface area contributed by atoms with Crippen molar-refractivity contribution < 1.29 is 80.1 Å². The molecule has 3 saturated carbocycles. The molecule has 342 valence electrons. The van der Waals surface area contributed by atoms with Gasteiger partial charge in [-0.2, -0.15) is 0 Å². The Bertz CT molecular complexity index is 2430. The maximum absolute atomic E-state index is 15.2. The van der Waals surface area contributed by atoms with E-state index in [1.807, 2.05) is 0 Å². The van der Waals surface area contributed by atoms with Crippen LogP contribution in [0.4, 0.5) is 4.79 Å². The van der Waals surface area contributed by atoms with E-state index in [-0.39, 0.29) is 35.1 Å². The summed E-state index contributed by atoms with van der Waals surface area (Å²) >= 11 is 0. The largest absolute Gasteiger partial charge is 0.458 e. The highest BCUT2D eigenvalue weighted by molar-refractivity contribution is 5.94. The molecule has 11 atom stereocenters. The number of carbonyl (C=O) groups is 6. The minimum Gasteiger partial charge on any atom is -0.458 e. The summed E-state index contributed by atoms with van der Waals surface area (Å²) in [7, 11) is 1.35. The zero-order chi connectivity index (χ0) is 53.9. The normalized spacial score (nSPS) is 34.6. The van der Waals surface area contributed by atoms with Gasteiger partial charge in [-0.05, 0) is 89.6 Å². The fourth-order valence-electron chi connectivity index (χ4n) is 10.4. The van der Waals surface area contributed by atoms with Crippen molar-refractivity contribution in [2.45, 2.75) is 134 Å². The van der Waals surface area contributed by atoms with Crippen LogP contribution in [-0.2, 0) is 42.9 Å². The number of Topliss-reactive ketones (excluding diaryl/α,β-unsaturated/α-hetero) is 1. The lowest BCUT2D eigenvalue weighted by atomic mass is 9.41. The van der Waals surface area contributed by atoms with Crippen molar-refractivity contribution in [3.05, 3.63) is 82.9 Å². The van der Waals surface area contributed by atoms with Crippen molar-refractivity contribution in [2.75, 3.05) is 13.6 Å². The highest BCUT2D eigenvalue weighted by atomic mass is 16.6. The molecule has 0 saturated heterocycles. The van der Waals surface area contributed by atoms with Gasteiger partial charge in [0, 0.05) is 37.0 Å². The number of ether oxygens (including phenoxy) is 5. The van der Waals surface area contributed by atoms with Gasteiger partial charge in [-0.25, -0.2) is 14.4 Å². The van der Waals surface area contributed by atoms with Crippen LogP contribution in [0.15, 0.2) is 71.8 Å². The first kappa shape index (κ1) is 36.2. The molecule has 0 spiro atoms. The average molecular weight is 886 g/mol. The van der Waals surface area contributed by atoms with Crippen LogP contribution in [0.3, 0.4) is 0 Å². The van der Waals surface area contributed by atoms with Crippen LogP contribution in [0.1, 0.15) is 115 Å². The van der Waals surface area contributed by atoms with Gasteiger partial charge in [0.05, 0.1) is 29.5 Å². The molecule has 16 heteroatoms. The maximum atomic E-state index is 15.2. The molecule has 6 rings (SSSR count). The van der Waals surface area contributed by atoms with Gasteiger partial charge in [0.1, 0.15) is 41.2 Å². The molecule has 4 aliphatic carbocycles. The third-order valence-corrected chi connectivity index (χ3v) is 13.6. The monoisotopic (exact) mass is 885 g/mol. The number of esters is 4. The molecule has 63 heavy (non-hydrogen) atoms. The van der Waals surface area contributed by atoms with Gasteiger partial charge in [-0.3, -0.25) is 14.4 Å². The number of alkyl carbamates (subject to hydrolysis) is 1. The first-order valence-electron chi connectivity index (χ1n) is 25.1. The Kier molecular flexibility index (Phi) is 10.0. The Morgan fingerprint density at radius 3 is 2.17 bits per heavy atom. The van der Waals surface area contributed by atoms with Gasteiger partial charge in [-0.1, -0.05) is 62.4 Å². The summed E-state index contributed by atoms with van der Waals surface area (Å²) < 4.78 is 101. The Balaban J connectivity index is 1.53. The van der Waals surface area contributed by atoms with Crippen LogP contribution >= 0.6 is 0 Å². The fourth-order valence-corrected chi connectivity index (χ4v) is 10.4. The number of benzene rings is 2. The topological polar surface area (TPSA) is 233 Å². The summed E-state index contributed by atoms with van der Waals surface area (Å²) in [6.45, 7) is -5.82. The van der Waals surface area contributed by atoms with Gasteiger partial charge < -0.3 is 49.6 Å². The van der Waals surface area contributed by atoms with Crippen LogP contribution in [0, 0.1) is 22.7 Å². The molecule has 5 N–H and O–H groups in total. The summed E-state index contributed by atoms with van der Waals surface area (Å²) in [6.07, 6.45) is -12.0. The standard InChI is InChI=1S/C47H60N2O14/c1-25-30(59-41(56)36(60-32(52)24-48-9)34(27-16-12-10-13-17-27)49-42(57)63-43(3,4)5)23-47(58)39(61-40(55)28-18-14-11-15-19-28)37-45(8,38(54)35(53)33(25)44(47,6)7)31(51)22-29-20-21-46(29,37)62-26(2)50/h10-19,29-31,34-37,39,48,51,53,58H,20-24H2,1-9H3,(H,49,57)/t29-,30+,31+,34+,35-,36-,37+,39+,45-,46+,47-/m1/s1/i3D3,4D3,5D3. The Morgan fingerprint density at radius 2 is 1.60 bits per heavy atom. The Labute approximate surface area is 379 Å². The van der Waals surface area contributed by atoms with Gasteiger partial charge in [0.25, 0.3) is 0 Å². The van der Waals surface area contributed by atoms with E-state index in [2.05, 4.69) is 10.6 Å². The van der Waals surface area contributed by atoms with Crippen molar-refractivity contribution in [3.8, 4) is 0 Å². The highest BCUT2D eigenvalue weighted by Gasteiger charge is 2.77. The second-order valence-electron chi connectivity index (χ2n) is 17.6. The van der Waals surface area contributed by atoms with E-state index in [1.165, 1.54) is 77.2 Å². The summed E-state index contributed by atoms with van der Waals surface area (Å²) in [5.41, 5.74) is -12.5. The molecule has 2 bridgehead atoms. The van der Waals surface area contributed by atoms with E-state index in [9.17, 15) is 39.3 Å². The molecule has 1 amide bonds. The smallest absolute Gasteiger partial charge is 0.408 e. The molecule has 0 unspecified atom stereocenters. The number of aliphatic hydroxyl groups is 3. The van der Waals surface area contributed by atoms with E-state index in [4.69, 9.17) is 36.0 Å². The summed E-state index contributed by atoms with van der Waals surface area (Å²) in [6, 6.07) is 12.5. The van der Waals surface area contributed by atoms with Crippen molar-refractivity contribution >= 4 is 35.8 Å². The van der Waals surface area contributed by atoms with Crippen molar-refractivity contribution in [1.29, 1.82) is 0 Å². The van der Waals surface area contributed by atoms with Gasteiger partial charge in [-0.15, -0.1) is 0 Å². The van der Waals surface area contributed by atoms with Crippen LogP contribution in [-0.4, -0.2) is 112 Å². The first-order valence-corrected chi connectivity index (χ1v) is 20.6. The summed E-state index contributed by atoms with van der Waals surface area (Å²) in [5.74, 6) is -7.65. The second kappa shape index (κ2) is 17.4. The lowest BCUT2D eigenvalue weighted by Crippen LogP contribution is -2.78. The summed E-state index contributed by atoms with van der Waals surface area (Å²) in [4.78, 5) is 84.9. The lowest BCUT2D eigenvalue weighted by Gasteiger charge is -2.68. The zero-order valence-corrected chi connectivity index (χ0v) is 35.8. The Hall–Kier alpha value is -5.16. The minimum atomic E-state index is -4.14. The maximum Gasteiger partial charge on any atom is 0.408 e. The number of likely N-dealkylation sites (N-methyl/N-ethyl adjacent to an activating group) is 1. The zero-order valence-electron chi connectivity index (χ0n) is 44.8. The second-order valence-corrected chi connectivity index (χ2v) is 17.6. The highest BCUT2D eigenvalue weighted by Crippen LogP contribution is 2.67. The third-order valence-electron chi connectivity index (χ3n) is 13.6. The molecule has 2 aromatic rings. The van der Waals surface area contributed by atoms with Gasteiger partial charge in [0.2, 0.25) is 6.10 Å². The number of ketones is 1. The number of amides is 1. The molecule has 4 aliphatic rings. The molecule has 16 nitrogen and oxygen atoms in total. The molecule has 3 fully saturated rings. The van der Waals surface area contributed by atoms with Crippen LogP contribution in [0.5, 0.6) is 0 Å². The third kappa shape index (κ3) is 8.50. The number of aliphatic hydroxyl groups excluding tert-OH is 2. The predicted molar refractivity (Wildman–Crippen MR) is 224 cm³/mol. The number of nitrogens with one attached hydrogen (secondary N) is 2. The predicted octanol–water partition coefficient (Wildman–Crippen LogP) is 4.04. The molecule has 2 aromatic carbocycles. The van der Waals surface area contributed by atoms with Crippen molar-refractivity contribution in [3.63, 3.8) is 0 Å². The number of rotatable bonds is 11. The minimum absolute atomic E-state index is 0.000802. The van der Waals surface area contributed by atoms with E-state index < -0.39 is 145 Å². The summed E-state index contributed by atoms with van der Waals surface area (Å²) in [5, 5.41) is 42.8. The number of fused-ring (bicyclic) bond motifs is 5. The van der Waals surface area contributed by atoms with Crippen molar-refractivity contribution in [2.24, 2.45) is 22.7 Å². The van der Waals surface area contributed by atoms with Crippen LogP contribution in [0.25, 0.3) is 0 Å².